The molecule has 154 valence electrons. The van der Waals surface area contributed by atoms with Crippen molar-refractivity contribution in [3.8, 4) is 0 Å². The second-order valence-electron chi connectivity index (χ2n) is 7.10. The summed E-state index contributed by atoms with van der Waals surface area (Å²) in [6.45, 7) is 9.15. The normalized spacial score (nSPS) is 15.6. The predicted molar refractivity (Wildman–Crippen MR) is 116 cm³/mol. The number of likely N-dealkylation sites (N-methyl/N-ethyl adjacent to an activating group) is 1. The monoisotopic (exact) mass is 397 g/mol. The molecule has 0 saturated carbocycles. The molecule has 1 saturated heterocycles. The van der Waals surface area contributed by atoms with Gasteiger partial charge in [-0.05, 0) is 43.8 Å². The molecule has 1 heterocycles. The zero-order valence-electron chi connectivity index (χ0n) is 16.8. The van der Waals surface area contributed by atoms with Crippen LogP contribution in [0.15, 0.2) is 48.5 Å². The number of nitro benzene ring substituents is 1. The van der Waals surface area contributed by atoms with E-state index in [1.54, 1.807) is 19.1 Å². The van der Waals surface area contributed by atoms with Crippen molar-refractivity contribution < 1.29 is 9.72 Å². The van der Waals surface area contributed by atoms with Crippen LogP contribution in [-0.2, 0) is 4.79 Å². The van der Waals surface area contributed by atoms with Crippen molar-refractivity contribution in [1.82, 2.24) is 4.90 Å². The highest BCUT2D eigenvalue weighted by atomic mass is 16.6. The third-order valence-corrected chi connectivity index (χ3v) is 5.19. The number of piperazine rings is 1. The second kappa shape index (κ2) is 9.38. The summed E-state index contributed by atoms with van der Waals surface area (Å²) in [5, 5.41) is 16.9. The first-order valence-corrected chi connectivity index (χ1v) is 9.86. The van der Waals surface area contributed by atoms with Gasteiger partial charge in [0.05, 0.1) is 4.92 Å². The molecule has 2 aromatic carbocycles. The Morgan fingerprint density at radius 1 is 1.10 bits per heavy atom. The summed E-state index contributed by atoms with van der Waals surface area (Å²) in [5.74, 6) is -0.334. The van der Waals surface area contributed by atoms with E-state index in [-0.39, 0.29) is 17.3 Å². The molecule has 1 atom stereocenters. The minimum absolute atomic E-state index is 0.124. The highest BCUT2D eigenvalue weighted by molar-refractivity contribution is 5.98. The van der Waals surface area contributed by atoms with Gasteiger partial charge in [0.15, 0.2) is 0 Å². The van der Waals surface area contributed by atoms with Crippen LogP contribution < -0.4 is 15.5 Å². The number of para-hydroxylation sites is 2. The molecule has 1 fully saturated rings. The number of carbonyl (C=O) groups is 1. The van der Waals surface area contributed by atoms with Gasteiger partial charge in [-0.1, -0.05) is 19.1 Å². The molecule has 2 aromatic rings. The predicted octanol–water partition coefficient (Wildman–Crippen LogP) is 3.18. The van der Waals surface area contributed by atoms with Crippen molar-refractivity contribution >= 4 is 28.7 Å². The van der Waals surface area contributed by atoms with Gasteiger partial charge in [-0.3, -0.25) is 14.9 Å². The SMILES string of the molecule is CCN1CCN(c2ccc(N[C@@H](C)C(=O)Nc3ccccc3[N+](=O)[O-])cc2)CC1. The lowest BCUT2D eigenvalue weighted by Gasteiger charge is -2.35. The third kappa shape index (κ3) is 5.23. The molecule has 0 aliphatic carbocycles. The largest absolute Gasteiger partial charge is 0.374 e. The fraction of sp³-hybridized carbons (Fsp3) is 0.381. The Hall–Kier alpha value is -3.13. The fourth-order valence-electron chi connectivity index (χ4n) is 3.39. The van der Waals surface area contributed by atoms with Gasteiger partial charge < -0.3 is 20.4 Å². The number of anilines is 3. The molecule has 0 unspecified atom stereocenters. The summed E-state index contributed by atoms with van der Waals surface area (Å²) in [6.07, 6.45) is 0. The van der Waals surface area contributed by atoms with E-state index in [0.29, 0.717) is 0 Å². The molecule has 2 N–H and O–H groups in total. The van der Waals surface area contributed by atoms with Gasteiger partial charge in [0.1, 0.15) is 11.7 Å². The van der Waals surface area contributed by atoms with E-state index in [9.17, 15) is 14.9 Å². The van der Waals surface area contributed by atoms with Gasteiger partial charge in [0, 0.05) is 43.6 Å². The molecule has 1 aliphatic heterocycles. The molecule has 8 nitrogen and oxygen atoms in total. The van der Waals surface area contributed by atoms with Crippen molar-refractivity contribution in [1.29, 1.82) is 0 Å². The number of hydrogen-bond donors (Lipinski definition) is 2. The molecule has 3 rings (SSSR count). The number of amides is 1. The molecule has 0 radical (unpaired) electrons. The lowest BCUT2D eigenvalue weighted by atomic mass is 10.2. The Balaban J connectivity index is 1.57. The van der Waals surface area contributed by atoms with Gasteiger partial charge >= 0.3 is 0 Å². The minimum Gasteiger partial charge on any atom is -0.374 e. The van der Waals surface area contributed by atoms with Crippen LogP contribution in [0.1, 0.15) is 13.8 Å². The summed E-state index contributed by atoms with van der Waals surface area (Å²) in [6, 6.07) is 13.6. The van der Waals surface area contributed by atoms with Crippen LogP contribution in [0.5, 0.6) is 0 Å². The zero-order chi connectivity index (χ0) is 20.8. The molecule has 0 spiro atoms. The number of nitro groups is 1. The van der Waals surface area contributed by atoms with E-state index in [1.807, 2.05) is 12.1 Å². The Morgan fingerprint density at radius 3 is 2.38 bits per heavy atom. The summed E-state index contributed by atoms with van der Waals surface area (Å²) in [4.78, 5) is 27.8. The summed E-state index contributed by atoms with van der Waals surface area (Å²) < 4.78 is 0. The number of hydrogen-bond acceptors (Lipinski definition) is 6. The van der Waals surface area contributed by atoms with E-state index < -0.39 is 11.0 Å². The maximum Gasteiger partial charge on any atom is 0.292 e. The van der Waals surface area contributed by atoms with Crippen molar-refractivity contribution in [3.63, 3.8) is 0 Å². The van der Waals surface area contributed by atoms with Crippen LogP contribution in [-0.4, -0.2) is 54.5 Å². The average molecular weight is 397 g/mol. The van der Waals surface area contributed by atoms with E-state index >= 15 is 0 Å². The van der Waals surface area contributed by atoms with E-state index in [0.717, 1.165) is 38.4 Å². The number of benzene rings is 2. The smallest absolute Gasteiger partial charge is 0.292 e. The Bertz CT molecular complexity index is 848. The molecular weight excluding hydrogens is 370 g/mol. The molecule has 1 amide bonds. The minimum atomic E-state index is -0.547. The van der Waals surface area contributed by atoms with Crippen molar-refractivity contribution in [2.75, 3.05) is 48.3 Å². The Labute approximate surface area is 170 Å². The average Bonchev–Trinajstić information content (AvgIpc) is 2.74. The van der Waals surface area contributed by atoms with Crippen LogP contribution in [0.3, 0.4) is 0 Å². The molecule has 1 aliphatic rings. The quantitative estimate of drug-likeness (QED) is 0.551. The number of rotatable bonds is 7. The first kappa shape index (κ1) is 20.6. The Morgan fingerprint density at radius 2 is 1.76 bits per heavy atom. The van der Waals surface area contributed by atoms with E-state index in [2.05, 4.69) is 39.5 Å². The van der Waals surface area contributed by atoms with Gasteiger partial charge in [-0.15, -0.1) is 0 Å². The second-order valence-corrected chi connectivity index (χ2v) is 7.10. The van der Waals surface area contributed by atoms with Crippen LogP contribution in [0.25, 0.3) is 0 Å². The number of nitrogens with one attached hydrogen (secondary N) is 2. The lowest BCUT2D eigenvalue weighted by Crippen LogP contribution is -2.46. The molecule has 0 bridgehead atoms. The Kier molecular flexibility index (Phi) is 6.66. The van der Waals surface area contributed by atoms with Crippen LogP contribution in [0, 0.1) is 10.1 Å². The molecular formula is C21H27N5O3. The third-order valence-electron chi connectivity index (χ3n) is 5.19. The van der Waals surface area contributed by atoms with Crippen molar-refractivity contribution in [2.24, 2.45) is 0 Å². The van der Waals surface area contributed by atoms with Crippen LogP contribution in [0.2, 0.25) is 0 Å². The summed E-state index contributed by atoms with van der Waals surface area (Å²) in [5.41, 5.74) is 2.06. The zero-order valence-corrected chi connectivity index (χ0v) is 16.8. The van der Waals surface area contributed by atoms with Crippen molar-refractivity contribution in [2.45, 2.75) is 19.9 Å². The highest BCUT2D eigenvalue weighted by Gasteiger charge is 2.19. The molecule has 8 heteroatoms. The van der Waals surface area contributed by atoms with Crippen LogP contribution in [0.4, 0.5) is 22.7 Å². The first-order valence-electron chi connectivity index (χ1n) is 9.86. The summed E-state index contributed by atoms with van der Waals surface area (Å²) >= 11 is 0. The number of carbonyl (C=O) groups excluding carboxylic acids is 1. The molecule has 29 heavy (non-hydrogen) atoms. The number of nitrogens with zero attached hydrogens (tertiary/aromatic N) is 3. The van der Waals surface area contributed by atoms with Crippen molar-refractivity contribution in [3.05, 3.63) is 58.6 Å². The summed E-state index contributed by atoms with van der Waals surface area (Å²) in [7, 11) is 0. The fourth-order valence-corrected chi connectivity index (χ4v) is 3.39. The van der Waals surface area contributed by atoms with Gasteiger partial charge in [-0.25, -0.2) is 0 Å². The maximum atomic E-state index is 12.5. The van der Waals surface area contributed by atoms with E-state index in [4.69, 9.17) is 0 Å². The van der Waals surface area contributed by atoms with Gasteiger partial charge in [0.25, 0.3) is 5.69 Å². The van der Waals surface area contributed by atoms with Gasteiger partial charge in [-0.2, -0.15) is 0 Å². The van der Waals surface area contributed by atoms with E-state index in [1.165, 1.54) is 17.8 Å². The van der Waals surface area contributed by atoms with Crippen LogP contribution >= 0.6 is 0 Å². The maximum absolute atomic E-state index is 12.5. The lowest BCUT2D eigenvalue weighted by molar-refractivity contribution is -0.383. The molecule has 0 aromatic heterocycles. The first-order chi connectivity index (χ1) is 14.0. The standard InChI is InChI=1S/C21H27N5O3/c1-3-24-12-14-25(15-13-24)18-10-8-17(9-11-18)22-16(2)21(27)23-19-6-4-5-7-20(19)26(28)29/h4-11,16,22H,3,12-15H2,1-2H3,(H,23,27)/t16-/m0/s1. The highest BCUT2D eigenvalue weighted by Crippen LogP contribution is 2.24. The topological polar surface area (TPSA) is 90.8 Å². The van der Waals surface area contributed by atoms with Gasteiger partial charge in [0.2, 0.25) is 5.91 Å².